The lowest BCUT2D eigenvalue weighted by atomic mass is 9.97. The molecule has 0 radical (unpaired) electrons. The van der Waals surface area contributed by atoms with Crippen molar-refractivity contribution in [1.82, 2.24) is 10.2 Å². The lowest BCUT2D eigenvalue weighted by Crippen LogP contribution is -2.29. The van der Waals surface area contributed by atoms with Crippen LogP contribution in [0.25, 0.3) is 11.0 Å². The van der Waals surface area contributed by atoms with Gasteiger partial charge in [-0.05, 0) is 43.2 Å². The molecule has 184 valence electrons. The maximum atomic E-state index is 13.8. The fourth-order valence-electron chi connectivity index (χ4n) is 4.46. The van der Waals surface area contributed by atoms with Crippen LogP contribution in [0.3, 0.4) is 0 Å². The van der Waals surface area contributed by atoms with Gasteiger partial charge in [0, 0.05) is 10.8 Å². The first kappa shape index (κ1) is 23.9. The third-order valence-electron chi connectivity index (χ3n) is 6.33. The molecule has 6 nitrogen and oxygen atoms in total. The van der Waals surface area contributed by atoms with Gasteiger partial charge >= 0.3 is 0 Å². The van der Waals surface area contributed by atoms with Gasteiger partial charge in [-0.15, -0.1) is 10.2 Å². The second-order valence-corrected chi connectivity index (χ2v) is 11.5. The highest BCUT2D eigenvalue weighted by Gasteiger charge is 2.45. The van der Waals surface area contributed by atoms with Crippen LogP contribution in [0.5, 0.6) is 0 Å². The van der Waals surface area contributed by atoms with E-state index in [1.165, 1.54) is 28.0 Å². The lowest BCUT2D eigenvalue weighted by molar-refractivity contribution is 0.0970. The normalized spacial score (nSPS) is 14.9. The predicted octanol–water partition coefficient (Wildman–Crippen LogP) is 6.96. The molecule has 0 aliphatic carbocycles. The number of hydrogen-bond donors (Lipinski definition) is 0. The summed E-state index contributed by atoms with van der Waals surface area (Å²) in [5.74, 6) is 0.264. The van der Waals surface area contributed by atoms with Gasteiger partial charge in [-0.2, -0.15) is 0 Å². The minimum Gasteiger partial charge on any atom is -0.450 e. The fraction of sp³-hybridized carbons (Fsp3) is 0.143. The van der Waals surface area contributed by atoms with Gasteiger partial charge in [0.05, 0.1) is 17.0 Å². The molecule has 1 amide bonds. The second-order valence-electron chi connectivity index (χ2n) is 8.89. The van der Waals surface area contributed by atoms with Crippen LogP contribution in [0.1, 0.15) is 44.4 Å². The van der Waals surface area contributed by atoms with E-state index in [4.69, 9.17) is 16.0 Å². The fourth-order valence-corrected chi connectivity index (χ4v) is 6.61. The Morgan fingerprint density at radius 3 is 2.54 bits per heavy atom. The van der Waals surface area contributed by atoms with E-state index in [9.17, 15) is 9.59 Å². The number of thioether (sulfide) groups is 1. The average Bonchev–Trinajstić information content (AvgIpc) is 3.47. The molecule has 37 heavy (non-hydrogen) atoms. The lowest BCUT2D eigenvalue weighted by Gasteiger charge is -2.22. The Kier molecular flexibility index (Phi) is 6.10. The van der Waals surface area contributed by atoms with Crippen molar-refractivity contribution in [3.63, 3.8) is 0 Å². The van der Waals surface area contributed by atoms with Gasteiger partial charge in [-0.1, -0.05) is 94.4 Å². The third-order valence-corrected chi connectivity index (χ3v) is 8.80. The van der Waals surface area contributed by atoms with Gasteiger partial charge in [-0.25, -0.2) is 0 Å². The number of nitrogens with zero attached hydrogens (tertiary/aromatic N) is 3. The van der Waals surface area contributed by atoms with Crippen LogP contribution in [0.4, 0.5) is 5.13 Å². The Labute approximate surface area is 225 Å². The van der Waals surface area contributed by atoms with Crippen molar-refractivity contribution >= 4 is 56.7 Å². The van der Waals surface area contributed by atoms with Crippen molar-refractivity contribution in [3.05, 3.63) is 116 Å². The quantitative estimate of drug-likeness (QED) is 0.175. The van der Waals surface area contributed by atoms with Gasteiger partial charge in [0.25, 0.3) is 5.91 Å². The van der Waals surface area contributed by atoms with Gasteiger partial charge in [0.15, 0.2) is 9.77 Å². The van der Waals surface area contributed by atoms with Crippen molar-refractivity contribution in [2.75, 3.05) is 4.90 Å². The van der Waals surface area contributed by atoms with E-state index in [1.54, 1.807) is 12.1 Å². The van der Waals surface area contributed by atoms with Crippen molar-refractivity contribution in [2.24, 2.45) is 0 Å². The topological polar surface area (TPSA) is 76.3 Å². The van der Waals surface area contributed by atoms with E-state index in [0.29, 0.717) is 36.8 Å². The molecular weight excluding hydrogens is 526 g/mol. The minimum absolute atomic E-state index is 0.0485. The summed E-state index contributed by atoms with van der Waals surface area (Å²) in [6.07, 6.45) is 0. The van der Waals surface area contributed by atoms with E-state index in [0.717, 1.165) is 22.3 Å². The van der Waals surface area contributed by atoms with Gasteiger partial charge in [0.2, 0.25) is 10.9 Å². The number of amides is 1. The molecule has 6 rings (SSSR count). The monoisotopic (exact) mass is 545 g/mol. The number of aromatic nitrogens is 2. The largest absolute Gasteiger partial charge is 0.450 e. The second kappa shape index (κ2) is 9.45. The number of hydrogen-bond acceptors (Lipinski definition) is 7. The highest BCUT2D eigenvalue weighted by Crippen LogP contribution is 2.43. The van der Waals surface area contributed by atoms with E-state index >= 15 is 0 Å². The molecule has 9 heteroatoms. The molecule has 5 aromatic rings. The Morgan fingerprint density at radius 1 is 1.00 bits per heavy atom. The Hall–Kier alpha value is -3.46. The van der Waals surface area contributed by atoms with Crippen LogP contribution in [0.2, 0.25) is 5.02 Å². The van der Waals surface area contributed by atoms with Gasteiger partial charge < -0.3 is 4.42 Å². The molecule has 1 aliphatic heterocycles. The summed E-state index contributed by atoms with van der Waals surface area (Å²) < 4.78 is 6.75. The summed E-state index contributed by atoms with van der Waals surface area (Å²) in [6.45, 7) is 3.91. The number of anilines is 1. The van der Waals surface area contributed by atoms with Crippen LogP contribution in [0, 0.1) is 13.8 Å². The van der Waals surface area contributed by atoms with Crippen molar-refractivity contribution in [3.8, 4) is 0 Å². The molecule has 0 fully saturated rings. The highest BCUT2D eigenvalue weighted by molar-refractivity contribution is 8.00. The zero-order valence-corrected chi connectivity index (χ0v) is 22.3. The highest BCUT2D eigenvalue weighted by atomic mass is 35.5. The molecule has 3 aromatic carbocycles. The number of fused-ring (bicyclic) bond motifs is 2. The number of benzene rings is 3. The number of halogens is 1. The molecule has 3 heterocycles. The van der Waals surface area contributed by atoms with Crippen molar-refractivity contribution in [2.45, 2.75) is 30.0 Å². The Bertz CT molecular complexity index is 1730. The van der Waals surface area contributed by atoms with Crippen LogP contribution in [-0.4, -0.2) is 16.1 Å². The third kappa shape index (κ3) is 4.25. The van der Waals surface area contributed by atoms with Crippen LogP contribution < -0.4 is 10.3 Å². The smallest absolute Gasteiger partial charge is 0.297 e. The molecule has 1 unspecified atom stereocenters. The average molecular weight is 546 g/mol. The van der Waals surface area contributed by atoms with E-state index in [-0.39, 0.29) is 11.2 Å². The SMILES string of the molecule is Cc1ccc(C2c3c(oc4ccc(C)cc4c3=O)C(=O)N2c2nnc(SCc3ccccc3Cl)s2)cc1. The molecule has 2 aromatic heterocycles. The van der Waals surface area contributed by atoms with E-state index < -0.39 is 11.9 Å². The number of rotatable bonds is 5. The number of aryl methyl sites for hydroxylation is 2. The van der Waals surface area contributed by atoms with Crippen molar-refractivity contribution in [1.29, 1.82) is 0 Å². The first-order valence-electron chi connectivity index (χ1n) is 11.6. The van der Waals surface area contributed by atoms with Crippen molar-refractivity contribution < 1.29 is 9.21 Å². The Balaban J connectivity index is 1.44. The van der Waals surface area contributed by atoms with Crippen LogP contribution in [-0.2, 0) is 5.75 Å². The molecule has 0 saturated heterocycles. The summed E-state index contributed by atoms with van der Waals surface area (Å²) in [5, 5.41) is 10.2. The van der Waals surface area contributed by atoms with E-state index in [1.807, 2.05) is 68.4 Å². The zero-order valence-electron chi connectivity index (χ0n) is 19.9. The predicted molar refractivity (Wildman–Crippen MR) is 148 cm³/mol. The number of carbonyl (C=O) groups excluding carboxylic acids is 1. The number of carbonyl (C=O) groups is 1. The first-order chi connectivity index (χ1) is 17.9. The standard InChI is InChI=1S/C28H20ClN3O3S2/c1-15-7-10-17(11-8-15)23-22-24(33)19-13-16(2)9-12-21(19)35-25(22)26(34)32(23)27-30-31-28(37-27)36-14-18-5-3-4-6-20(18)29/h3-13,23H,14H2,1-2H3. The summed E-state index contributed by atoms with van der Waals surface area (Å²) in [7, 11) is 0. The molecular formula is C28H20ClN3O3S2. The molecule has 1 aliphatic rings. The van der Waals surface area contributed by atoms with Gasteiger partial charge in [0.1, 0.15) is 5.58 Å². The molecule has 0 N–H and O–H groups in total. The summed E-state index contributed by atoms with van der Waals surface area (Å²) in [6, 6.07) is 20.2. The maximum Gasteiger partial charge on any atom is 0.297 e. The van der Waals surface area contributed by atoms with E-state index in [2.05, 4.69) is 10.2 Å². The maximum absolute atomic E-state index is 13.8. The molecule has 0 bridgehead atoms. The molecule has 0 spiro atoms. The summed E-state index contributed by atoms with van der Waals surface area (Å²) in [5.41, 5.74) is 4.32. The Morgan fingerprint density at radius 2 is 1.76 bits per heavy atom. The molecule has 1 atom stereocenters. The van der Waals surface area contributed by atoms with Gasteiger partial charge in [-0.3, -0.25) is 14.5 Å². The minimum atomic E-state index is -0.668. The van der Waals surface area contributed by atoms with Crippen LogP contribution >= 0.6 is 34.7 Å². The summed E-state index contributed by atoms with van der Waals surface area (Å²) in [4.78, 5) is 29.0. The molecule has 0 saturated carbocycles. The zero-order chi connectivity index (χ0) is 25.7. The first-order valence-corrected chi connectivity index (χ1v) is 13.8. The summed E-state index contributed by atoms with van der Waals surface area (Å²) >= 11 is 9.10. The van der Waals surface area contributed by atoms with Crippen LogP contribution in [0.15, 0.2) is 80.3 Å².